The van der Waals surface area contributed by atoms with Crippen molar-refractivity contribution in [1.82, 2.24) is 5.43 Å². The molecule has 0 atom stereocenters. The van der Waals surface area contributed by atoms with Crippen molar-refractivity contribution in [3.8, 4) is 17.2 Å². The van der Waals surface area contributed by atoms with E-state index in [1.54, 1.807) is 68.6 Å². The van der Waals surface area contributed by atoms with Crippen LogP contribution in [0.4, 0.5) is 5.69 Å². The van der Waals surface area contributed by atoms with Gasteiger partial charge in [0.25, 0.3) is 11.8 Å². The molecule has 0 unspecified atom stereocenters. The number of carbonyl (C=O) groups excluding carboxylic acids is 2. The number of hydrogen-bond donors (Lipinski definition) is 2. The minimum atomic E-state index is -0.356. The summed E-state index contributed by atoms with van der Waals surface area (Å²) >= 11 is 0. The van der Waals surface area contributed by atoms with Gasteiger partial charge in [0.2, 0.25) is 6.79 Å². The molecule has 3 aromatic carbocycles. The van der Waals surface area contributed by atoms with Crippen LogP contribution < -0.4 is 25.0 Å². The number of rotatable bonds is 6. The SMILES string of the molecule is COc1ccc(C(=O)Nc2ccc(/C(C)=N\NC(=O)c3ccc4c(c3)OCO4)cc2)cc1. The smallest absolute Gasteiger partial charge is 0.271 e. The first-order valence-corrected chi connectivity index (χ1v) is 9.83. The molecule has 1 heterocycles. The molecule has 0 radical (unpaired) electrons. The highest BCUT2D eigenvalue weighted by Crippen LogP contribution is 2.32. The Balaban J connectivity index is 1.36. The van der Waals surface area contributed by atoms with E-state index in [-0.39, 0.29) is 18.6 Å². The molecule has 0 bridgehead atoms. The normalized spacial score (nSPS) is 12.2. The highest BCUT2D eigenvalue weighted by atomic mass is 16.7. The van der Waals surface area contributed by atoms with Gasteiger partial charge in [0, 0.05) is 16.8 Å². The van der Waals surface area contributed by atoms with Crippen LogP contribution in [0.1, 0.15) is 33.2 Å². The number of anilines is 1. The highest BCUT2D eigenvalue weighted by molar-refractivity contribution is 6.05. The largest absolute Gasteiger partial charge is 0.497 e. The third kappa shape index (κ3) is 4.70. The van der Waals surface area contributed by atoms with Crippen molar-refractivity contribution in [2.24, 2.45) is 5.10 Å². The summed E-state index contributed by atoms with van der Waals surface area (Å²) in [6, 6.07) is 19.0. The monoisotopic (exact) mass is 431 g/mol. The Labute approximate surface area is 184 Å². The van der Waals surface area contributed by atoms with Gasteiger partial charge in [-0.2, -0.15) is 5.10 Å². The van der Waals surface area contributed by atoms with Crippen LogP contribution in [0.25, 0.3) is 0 Å². The quantitative estimate of drug-likeness (QED) is 0.457. The lowest BCUT2D eigenvalue weighted by Crippen LogP contribution is -2.19. The number of nitrogens with zero attached hydrogens (tertiary/aromatic N) is 1. The molecular formula is C24H21N3O5. The van der Waals surface area contributed by atoms with E-state index >= 15 is 0 Å². The van der Waals surface area contributed by atoms with E-state index in [0.29, 0.717) is 39.8 Å². The molecule has 8 nitrogen and oxygen atoms in total. The van der Waals surface area contributed by atoms with Gasteiger partial charge < -0.3 is 19.5 Å². The summed E-state index contributed by atoms with van der Waals surface area (Å²) in [6.45, 7) is 1.93. The van der Waals surface area contributed by atoms with Gasteiger partial charge in [-0.05, 0) is 67.1 Å². The first-order valence-electron chi connectivity index (χ1n) is 9.83. The molecular weight excluding hydrogens is 410 g/mol. The number of methoxy groups -OCH3 is 1. The van der Waals surface area contributed by atoms with Gasteiger partial charge in [-0.15, -0.1) is 0 Å². The Morgan fingerprint density at radius 1 is 0.844 bits per heavy atom. The Bertz CT molecular complexity index is 1170. The molecule has 0 fully saturated rings. The fourth-order valence-electron chi connectivity index (χ4n) is 3.04. The van der Waals surface area contributed by atoms with Gasteiger partial charge in [0.05, 0.1) is 12.8 Å². The number of hydrogen-bond acceptors (Lipinski definition) is 6. The number of carbonyl (C=O) groups is 2. The molecule has 8 heteroatoms. The second kappa shape index (κ2) is 9.22. The number of amides is 2. The minimum Gasteiger partial charge on any atom is -0.497 e. The predicted molar refractivity (Wildman–Crippen MR) is 120 cm³/mol. The Hall–Kier alpha value is -4.33. The van der Waals surface area contributed by atoms with Crippen LogP contribution >= 0.6 is 0 Å². The predicted octanol–water partition coefficient (Wildman–Crippen LogP) is 3.83. The maximum absolute atomic E-state index is 12.4. The van der Waals surface area contributed by atoms with E-state index in [1.807, 2.05) is 12.1 Å². The van der Waals surface area contributed by atoms with E-state index in [1.165, 1.54) is 0 Å². The number of ether oxygens (including phenoxy) is 3. The molecule has 1 aliphatic heterocycles. The third-order valence-corrected chi connectivity index (χ3v) is 4.87. The lowest BCUT2D eigenvalue weighted by Gasteiger charge is -2.08. The molecule has 0 saturated heterocycles. The van der Waals surface area contributed by atoms with Crippen molar-refractivity contribution in [2.75, 3.05) is 19.2 Å². The maximum atomic E-state index is 12.4. The van der Waals surface area contributed by atoms with Crippen molar-refractivity contribution in [3.63, 3.8) is 0 Å². The van der Waals surface area contributed by atoms with Crippen LogP contribution in [0.2, 0.25) is 0 Å². The van der Waals surface area contributed by atoms with Gasteiger partial charge in [-0.3, -0.25) is 9.59 Å². The number of benzene rings is 3. The molecule has 2 amide bonds. The third-order valence-electron chi connectivity index (χ3n) is 4.87. The van der Waals surface area contributed by atoms with Gasteiger partial charge in [-0.1, -0.05) is 12.1 Å². The molecule has 32 heavy (non-hydrogen) atoms. The Kier molecular flexibility index (Phi) is 6.03. The van der Waals surface area contributed by atoms with E-state index < -0.39 is 0 Å². The van der Waals surface area contributed by atoms with Crippen molar-refractivity contribution in [3.05, 3.63) is 83.4 Å². The summed E-state index contributed by atoms with van der Waals surface area (Å²) in [7, 11) is 1.57. The number of nitrogens with one attached hydrogen (secondary N) is 2. The van der Waals surface area contributed by atoms with Crippen molar-refractivity contribution >= 4 is 23.2 Å². The van der Waals surface area contributed by atoms with Gasteiger partial charge in [-0.25, -0.2) is 5.43 Å². The van der Waals surface area contributed by atoms with E-state index in [9.17, 15) is 9.59 Å². The fourth-order valence-corrected chi connectivity index (χ4v) is 3.04. The fraction of sp³-hybridized carbons (Fsp3) is 0.125. The molecule has 162 valence electrons. The molecule has 0 saturated carbocycles. The molecule has 0 aliphatic carbocycles. The van der Waals surface area contributed by atoms with Crippen LogP contribution in [0.3, 0.4) is 0 Å². The zero-order chi connectivity index (χ0) is 22.5. The zero-order valence-electron chi connectivity index (χ0n) is 17.5. The Morgan fingerprint density at radius 3 is 2.22 bits per heavy atom. The molecule has 2 N–H and O–H groups in total. The van der Waals surface area contributed by atoms with Crippen molar-refractivity contribution in [2.45, 2.75) is 6.92 Å². The second-order valence-corrected chi connectivity index (χ2v) is 6.97. The molecule has 4 rings (SSSR count). The average Bonchev–Trinajstić information content (AvgIpc) is 3.31. The Morgan fingerprint density at radius 2 is 1.50 bits per heavy atom. The average molecular weight is 431 g/mol. The number of fused-ring (bicyclic) bond motifs is 1. The van der Waals surface area contributed by atoms with Crippen LogP contribution in [-0.4, -0.2) is 31.4 Å². The van der Waals surface area contributed by atoms with E-state index in [0.717, 1.165) is 5.56 Å². The lowest BCUT2D eigenvalue weighted by molar-refractivity contribution is 0.0953. The van der Waals surface area contributed by atoms with Crippen molar-refractivity contribution in [1.29, 1.82) is 0 Å². The molecule has 3 aromatic rings. The van der Waals surface area contributed by atoms with E-state index in [4.69, 9.17) is 14.2 Å². The summed E-state index contributed by atoms with van der Waals surface area (Å²) in [6.07, 6.45) is 0. The van der Waals surface area contributed by atoms with Crippen LogP contribution in [0, 0.1) is 0 Å². The highest BCUT2D eigenvalue weighted by Gasteiger charge is 2.16. The van der Waals surface area contributed by atoms with Crippen LogP contribution in [0.5, 0.6) is 17.2 Å². The summed E-state index contributed by atoms with van der Waals surface area (Å²) in [5.74, 6) is 1.25. The van der Waals surface area contributed by atoms with Gasteiger partial charge >= 0.3 is 0 Å². The van der Waals surface area contributed by atoms with Gasteiger partial charge in [0.1, 0.15) is 5.75 Å². The maximum Gasteiger partial charge on any atom is 0.271 e. The minimum absolute atomic E-state index is 0.147. The summed E-state index contributed by atoms with van der Waals surface area (Å²) in [5.41, 5.74) is 5.55. The topological polar surface area (TPSA) is 98.2 Å². The molecule has 0 aromatic heterocycles. The first-order chi connectivity index (χ1) is 15.5. The molecule has 0 spiro atoms. The lowest BCUT2D eigenvalue weighted by atomic mass is 10.1. The summed E-state index contributed by atoms with van der Waals surface area (Å²) < 4.78 is 15.6. The van der Waals surface area contributed by atoms with Crippen molar-refractivity contribution < 1.29 is 23.8 Å². The standard InChI is InChI=1S/C24H21N3O5/c1-15(26-27-24(29)18-7-12-21-22(13-18)32-14-31-21)16-3-8-19(9-4-16)25-23(28)17-5-10-20(30-2)11-6-17/h3-13H,14H2,1-2H3,(H,25,28)(H,27,29)/b26-15-. The molecule has 1 aliphatic rings. The summed E-state index contributed by atoms with van der Waals surface area (Å²) in [5, 5.41) is 7.01. The second-order valence-electron chi connectivity index (χ2n) is 6.97. The van der Waals surface area contributed by atoms with Gasteiger partial charge in [0.15, 0.2) is 11.5 Å². The first kappa shape index (κ1) is 20.9. The van der Waals surface area contributed by atoms with Crippen LogP contribution in [0.15, 0.2) is 71.8 Å². The summed E-state index contributed by atoms with van der Waals surface area (Å²) in [4.78, 5) is 24.7. The van der Waals surface area contributed by atoms with Crippen LogP contribution in [-0.2, 0) is 0 Å². The number of hydrazone groups is 1. The zero-order valence-corrected chi connectivity index (χ0v) is 17.5. The van der Waals surface area contributed by atoms with E-state index in [2.05, 4.69) is 15.8 Å².